The molecule has 3 amide bonds. The molecular formula is C32H38BN3O8. The fourth-order valence-electron chi connectivity index (χ4n) is 4.34. The zero-order valence-electron chi connectivity index (χ0n) is 24.9. The minimum absolute atomic E-state index is 0.112. The highest BCUT2D eigenvalue weighted by Gasteiger charge is 2.32. The average Bonchev–Trinajstić information content (AvgIpc) is 3.03. The molecule has 3 rings (SSSR count). The summed E-state index contributed by atoms with van der Waals surface area (Å²) < 4.78 is 10.6. The number of amides is 3. The van der Waals surface area contributed by atoms with E-state index in [9.17, 15) is 29.2 Å². The number of esters is 1. The smallest absolute Gasteiger partial charge is 0.467 e. The Hall–Kier alpha value is -4.52. The molecule has 0 aliphatic carbocycles. The molecular weight excluding hydrogens is 565 g/mol. The molecule has 0 radical (unpaired) electrons. The van der Waals surface area contributed by atoms with Gasteiger partial charge in [0.15, 0.2) is 6.04 Å². The van der Waals surface area contributed by atoms with E-state index in [1.54, 1.807) is 26.0 Å². The van der Waals surface area contributed by atoms with Crippen molar-refractivity contribution in [1.82, 2.24) is 16.0 Å². The van der Waals surface area contributed by atoms with E-state index in [-0.39, 0.29) is 36.6 Å². The van der Waals surface area contributed by atoms with Crippen LogP contribution in [0.4, 0.5) is 0 Å². The fraction of sp³-hybridized carbons (Fsp3) is 0.312. The van der Waals surface area contributed by atoms with Gasteiger partial charge < -0.3 is 35.5 Å². The largest absolute Gasteiger partial charge is 0.488 e. The summed E-state index contributed by atoms with van der Waals surface area (Å²) >= 11 is 0. The van der Waals surface area contributed by atoms with Gasteiger partial charge in [-0.2, -0.15) is 0 Å². The van der Waals surface area contributed by atoms with Crippen LogP contribution in [0.25, 0.3) is 0 Å². The van der Waals surface area contributed by atoms with Gasteiger partial charge in [0, 0.05) is 12.0 Å². The van der Waals surface area contributed by atoms with Crippen LogP contribution in [0.3, 0.4) is 0 Å². The summed E-state index contributed by atoms with van der Waals surface area (Å²) in [6.07, 6.45) is 0.112. The van der Waals surface area contributed by atoms with E-state index in [0.717, 1.165) is 11.1 Å². The Labute approximate surface area is 257 Å². The SMILES string of the molecule is COC(=O)[C@H](COCc1ccccc1)NC(=O)[C@H](Cc1ccccc1)NC(=O)[C@@H](NC(=O)c1ccc(B(O)O)cc1)C(C)C. The predicted octanol–water partition coefficient (Wildman–Crippen LogP) is 0.723. The van der Waals surface area contributed by atoms with Crippen LogP contribution in [0.15, 0.2) is 84.9 Å². The Balaban J connectivity index is 1.74. The van der Waals surface area contributed by atoms with Crippen LogP contribution in [0.2, 0.25) is 0 Å². The summed E-state index contributed by atoms with van der Waals surface area (Å²) in [6, 6.07) is 20.8. The maximum atomic E-state index is 13.6. The Kier molecular flexibility index (Phi) is 13.1. The first-order valence-corrected chi connectivity index (χ1v) is 14.2. The van der Waals surface area contributed by atoms with Crippen LogP contribution < -0.4 is 21.4 Å². The molecule has 0 aromatic heterocycles. The Bertz CT molecular complexity index is 1370. The lowest BCUT2D eigenvalue weighted by Gasteiger charge is -2.26. The lowest BCUT2D eigenvalue weighted by atomic mass is 9.80. The van der Waals surface area contributed by atoms with Crippen LogP contribution >= 0.6 is 0 Å². The van der Waals surface area contributed by atoms with Crippen LogP contribution in [-0.2, 0) is 36.9 Å². The number of ether oxygens (including phenoxy) is 2. The molecule has 11 nitrogen and oxygen atoms in total. The molecule has 3 aromatic rings. The van der Waals surface area contributed by atoms with Gasteiger partial charge in [-0.25, -0.2) is 4.79 Å². The Morgan fingerprint density at radius 2 is 1.32 bits per heavy atom. The van der Waals surface area contributed by atoms with Gasteiger partial charge in [0.2, 0.25) is 11.8 Å². The van der Waals surface area contributed by atoms with Crippen molar-refractivity contribution >= 4 is 36.3 Å². The van der Waals surface area contributed by atoms with Gasteiger partial charge in [0.25, 0.3) is 5.91 Å². The van der Waals surface area contributed by atoms with Crippen molar-refractivity contribution in [2.75, 3.05) is 13.7 Å². The third-order valence-corrected chi connectivity index (χ3v) is 6.82. The first-order chi connectivity index (χ1) is 21.1. The van der Waals surface area contributed by atoms with Gasteiger partial charge in [0.05, 0.1) is 20.3 Å². The summed E-state index contributed by atoms with van der Waals surface area (Å²) in [5.41, 5.74) is 2.08. The van der Waals surface area contributed by atoms with Gasteiger partial charge in [-0.15, -0.1) is 0 Å². The Morgan fingerprint density at radius 1 is 0.750 bits per heavy atom. The maximum absolute atomic E-state index is 13.6. The topological polar surface area (TPSA) is 163 Å². The summed E-state index contributed by atoms with van der Waals surface area (Å²) in [4.78, 5) is 52.5. The second-order valence-corrected chi connectivity index (χ2v) is 10.5. The molecule has 0 aliphatic rings. The van der Waals surface area contributed by atoms with Crippen LogP contribution in [0.5, 0.6) is 0 Å². The molecule has 3 atom stereocenters. The predicted molar refractivity (Wildman–Crippen MR) is 164 cm³/mol. The average molecular weight is 603 g/mol. The molecule has 0 bridgehead atoms. The van der Waals surface area contributed by atoms with E-state index in [4.69, 9.17) is 9.47 Å². The van der Waals surface area contributed by atoms with Gasteiger partial charge in [0.1, 0.15) is 12.1 Å². The second kappa shape index (κ2) is 16.9. The van der Waals surface area contributed by atoms with Crippen molar-refractivity contribution in [3.05, 3.63) is 102 Å². The lowest BCUT2D eigenvalue weighted by Crippen LogP contribution is -2.58. The summed E-state index contributed by atoms with van der Waals surface area (Å²) in [7, 11) is -0.472. The molecule has 0 aliphatic heterocycles. The molecule has 12 heteroatoms. The highest BCUT2D eigenvalue weighted by Crippen LogP contribution is 2.09. The molecule has 5 N–H and O–H groups in total. The number of hydrogen-bond donors (Lipinski definition) is 5. The van der Waals surface area contributed by atoms with Gasteiger partial charge in [-0.05, 0) is 34.6 Å². The van der Waals surface area contributed by atoms with Crippen molar-refractivity contribution in [3.8, 4) is 0 Å². The number of benzene rings is 3. The first kappa shape index (κ1) is 34.0. The highest BCUT2D eigenvalue weighted by atomic mass is 16.5. The van der Waals surface area contributed by atoms with Crippen molar-refractivity contribution < 1.29 is 38.7 Å². The first-order valence-electron chi connectivity index (χ1n) is 14.2. The highest BCUT2D eigenvalue weighted by molar-refractivity contribution is 6.58. The van der Waals surface area contributed by atoms with E-state index in [0.29, 0.717) is 0 Å². The van der Waals surface area contributed by atoms with Crippen LogP contribution in [-0.4, -0.2) is 72.7 Å². The van der Waals surface area contributed by atoms with Crippen LogP contribution in [0.1, 0.15) is 35.3 Å². The third kappa shape index (κ3) is 10.3. The number of nitrogens with one attached hydrogen (secondary N) is 3. The lowest BCUT2D eigenvalue weighted by molar-refractivity contribution is -0.147. The molecule has 0 saturated heterocycles. The van der Waals surface area contributed by atoms with Gasteiger partial charge in [-0.3, -0.25) is 14.4 Å². The number of carbonyl (C=O) groups excluding carboxylic acids is 4. The fourth-order valence-corrected chi connectivity index (χ4v) is 4.34. The number of hydrogen-bond acceptors (Lipinski definition) is 8. The van der Waals surface area contributed by atoms with Crippen LogP contribution in [0, 0.1) is 5.92 Å². The second-order valence-electron chi connectivity index (χ2n) is 10.5. The zero-order valence-corrected chi connectivity index (χ0v) is 24.9. The molecule has 44 heavy (non-hydrogen) atoms. The monoisotopic (exact) mass is 603 g/mol. The molecule has 0 spiro atoms. The molecule has 0 unspecified atom stereocenters. The van der Waals surface area contributed by atoms with E-state index in [1.165, 1.54) is 31.4 Å². The van der Waals surface area contributed by atoms with E-state index >= 15 is 0 Å². The zero-order chi connectivity index (χ0) is 32.1. The minimum atomic E-state index is -1.68. The van der Waals surface area contributed by atoms with E-state index in [2.05, 4.69) is 16.0 Å². The van der Waals surface area contributed by atoms with E-state index < -0.39 is 48.9 Å². The summed E-state index contributed by atoms with van der Waals surface area (Å²) in [5, 5.41) is 26.7. The quantitative estimate of drug-likeness (QED) is 0.125. The summed E-state index contributed by atoms with van der Waals surface area (Å²) in [6.45, 7) is 3.56. The molecule has 232 valence electrons. The number of methoxy groups -OCH3 is 1. The maximum Gasteiger partial charge on any atom is 0.488 e. The van der Waals surface area contributed by atoms with Crippen molar-refractivity contribution in [3.63, 3.8) is 0 Å². The normalized spacial score (nSPS) is 12.9. The van der Waals surface area contributed by atoms with Crippen molar-refractivity contribution in [2.45, 2.75) is 45.0 Å². The number of rotatable bonds is 15. The molecule has 0 heterocycles. The molecule has 3 aromatic carbocycles. The van der Waals surface area contributed by atoms with Crippen molar-refractivity contribution in [2.24, 2.45) is 5.92 Å². The molecule has 0 saturated carbocycles. The summed E-state index contributed by atoms with van der Waals surface area (Å²) in [5.74, 6) is -2.84. The standard InChI is InChI=1S/C32H38BN3O8/c1-21(2)28(36-29(37)24-14-16-25(17-15-24)33(41)42)31(39)34-26(18-22-10-6-4-7-11-22)30(38)35-27(32(40)43-3)20-44-19-23-12-8-5-9-13-23/h4-17,21,26-28,41-42H,18-20H2,1-3H3,(H,34,39)(H,35,38)(H,36,37)/t26-,27-,28-/m0/s1. The van der Waals surface area contributed by atoms with Gasteiger partial charge >= 0.3 is 13.1 Å². The van der Waals surface area contributed by atoms with E-state index in [1.807, 2.05) is 48.5 Å². The Morgan fingerprint density at radius 3 is 1.86 bits per heavy atom. The number of carbonyl (C=O) groups is 4. The minimum Gasteiger partial charge on any atom is -0.467 e. The van der Waals surface area contributed by atoms with Gasteiger partial charge in [-0.1, -0.05) is 86.6 Å². The third-order valence-electron chi connectivity index (χ3n) is 6.82. The molecule has 0 fully saturated rings. The van der Waals surface area contributed by atoms with Crippen molar-refractivity contribution in [1.29, 1.82) is 0 Å².